The molecule has 0 saturated heterocycles. The maximum absolute atomic E-state index is 13.3. The van der Waals surface area contributed by atoms with E-state index in [2.05, 4.69) is 5.32 Å². The van der Waals surface area contributed by atoms with Crippen LogP contribution in [0.25, 0.3) is 0 Å². The Hall–Kier alpha value is -0.800. The molecule has 0 unspecified atom stereocenters. The fourth-order valence-corrected chi connectivity index (χ4v) is 1.25. The maximum atomic E-state index is 13.3. The SMILES string of the molecule is CNCCc1c(O)ccc(Cl)c1F. The zero-order valence-corrected chi connectivity index (χ0v) is 8.03. The van der Waals surface area contributed by atoms with Crippen molar-refractivity contribution in [1.82, 2.24) is 5.32 Å². The third-order valence-electron chi connectivity index (χ3n) is 1.80. The molecule has 0 aromatic heterocycles. The molecule has 0 amide bonds. The van der Waals surface area contributed by atoms with Crippen molar-refractivity contribution in [2.75, 3.05) is 13.6 Å². The Labute approximate surface area is 81.3 Å². The molecule has 0 heterocycles. The topological polar surface area (TPSA) is 32.3 Å². The summed E-state index contributed by atoms with van der Waals surface area (Å²) in [5.74, 6) is -0.575. The lowest BCUT2D eigenvalue weighted by atomic mass is 10.1. The van der Waals surface area contributed by atoms with E-state index in [1.165, 1.54) is 12.1 Å². The molecular formula is C9H11ClFNO. The Morgan fingerprint density at radius 1 is 1.54 bits per heavy atom. The first-order valence-electron chi connectivity index (χ1n) is 3.97. The van der Waals surface area contributed by atoms with Crippen LogP contribution in [-0.4, -0.2) is 18.7 Å². The van der Waals surface area contributed by atoms with E-state index >= 15 is 0 Å². The fourth-order valence-electron chi connectivity index (χ4n) is 1.07. The number of hydrogen-bond donors (Lipinski definition) is 2. The summed E-state index contributed by atoms with van der Waals surface area (Å²) in [6.07, 6.45) is 0.425. The normalized spacial score (nSPS) is 10.4. The van der Waals surface area contributed by atoms with Gasteiger partial charge in [-0.05, 0) is 32.1 Å². The Balaban J connectivity index is 2.96. The van der Waals surface area contributed by atoms with Crippen LogP contribution in [0.4, 0.5) is 4.39 Å². The Morgan fingerprint density at radius 2 is 2.23 bits per heavy atom. The van der Waals surface area contributed by atoms with Gasteiger partial charge in [0.2, 0.25) is 0 Å². The van der Waals surface area contributed by atoms with E-state index in [4.69, 9.17) is 11.6 Å². The molecule has 1 aromatic rings. The first-order chi connectivity index (χ1) is 6.16. The molecule has 0 aliphatic rings. The first kappa shape index (κ1) is 10.3. The van der Waals surface area contributed by atoms with E-state index in [-0.39, 0.29) is 16.3 Å². The van der Waals surface area contributed by atoms with Crippen molar-refractivity contribution >= 4 is 11.6 Å². The Bertz CT molecular complexity index is 304. The molecule has 0 aliphatic heterocycles. The molecule has 2 N–H and O–H groups in total. The van der Waals surface area contributed by atoms with E-state index in [0.29, 0.717) is 13.0 Å². The van der Waals surface area contributed by atoms with Gasteiger partial charge in [-0.15, -0.1) is 0 Å². The van der Waals surface area contributed by atoms with Crippen molar-refractivity contribution in [2.24, 2.45) is 0 Å². The predicted octanol–water partition coefficient (Wildman–Crippen LogP) is 1.95. The van der Waals surface area contributed by atoms with Gasteiger partial charge in [-0.1, -0.05) is 11.6 Å². The number of halogens is 2. The van der Waals surface area contributed by atoms with Gasteiger partial charge in [0.15, 0.2) is 0 Å². The number of nitrogens with one attached hydrogen (secondary N) is 1. The second-order valence-electron chi connectivity index (χ2n) is 2.71. The number of likely N-dealkylation sites (N-methyl/N-ethyl adjacent to an activating group) is 1. The molecule has 13 heavy (non-hydrogen) atoms. The van der Waals surface area contributed by atoms with Gasteiger partial charge in [0, 0.05) is 5.56 Å². The highest BCUT2D eigenvalue weighted by Gasteiger charge is 2.10. The van der Waals surface area contributed by atoms with Gasteiger partial charge in [-0.25, -0.2) is 4.39 Å². The summed E-state index contributed by atoms with van der Waals surface area (Å²) >= 11 is 5.56. The summed E-state index contributed by atoms with van der Waals surface area (Å²) in [6, 6.07) is 2.74. The van der Waals surface area contributed by atoms with Gasteiger partial charge in [0.1, 0.15) is 11.6 Å². The summed E-state index contributed by atoms with van der Waals surface area (Å²) in [5, 5.41) is 12.2. The maximum Gasteiger partial charge on any atom is 0.148 e. The van der Waals surface area contributed by atoms with E-state index in [0.717, 1.165) is 0 Å². The lowest BCUT2D eigenvalue weighted by molar-refractivity contribution is 0.458. The van der Waals surface area contributed by atoms with Crippen molar-refractivity contribution in [3.63, 3.8) is 0 Å². The number of rotatable bonds is 3. The number of phenolic OH excluding ortho intramolecular Hbond substituents is 1. The van der Waals surface area contributed by atoms with Gasteiger partial charge in [0.05, 0.1) is 5.02 Å². The second kappa shape index (κ2) is 4.44. The molecule has 1 aromatic carbocycles. The zero-order chi connectivity index (χ0) is 9.84. The number of hydrogen-bond acceptors (Lipinski definition) is 2. The van der Waals surface area contributed by atoms with E-state index < -0.39 is 5.82 Å². The highest BCUT2D eigenvalue weighted by Crippen LogP contribution is 2.26. The zero-order valence-electron chi connectivity index (χ0n) is 7.27. The van der Waals surface area contributed by atoms with Gasteiger partial charge in [0.25, 0.3) is 0 Å². The molecule has 0 spiro atoms. The van der Waals surface area contributed by atoms with Crippen LogP contribution in [0, 0.1) is 5.82 Å². The molecular weight excluding hydrogens is 193 g/mol. The summed E-state index contributed by atoms with van der Waals surface area (Å²) < 4.78 is 13.3. The largest absolute Gasteiger partial charge is 0.508 e. The lowest BCUT2D eigenvalue weighted by Crippen LogP contribution is -2.11. The average molecular weight is 204 g/mol. The molecule has 4 heteroatoms. The van der Waals surface area contributed by atoms with Crippen molar-refractivity contribution < 1.29 is 9.50 Å². The standard InChI is InChI=1S/C9H11ClFNO/c1-12-5-4-6-8(13)3-2-7(10)9(6)11/h2-3,12-13H,4-5H2,1H3. The number of aromatic hydroxyl groups is 1. The summed E-state index contributed by atoms with van der Waals surface area (Å²) in [4.78, 5) is 0. The second-order valence-corrected chi connectivity index (χ2v) is 3.12. The van der Waals surface area contributed by atoms with Crippen LogP contribution in [0.15, 0.2) is 12.1 Å². The number of benzene rings is 1. The van der Waals surface area contributed by atoms with E-state index in [9.17, 15) is 9.50 Å². The van der Waals surface area contributed by atoms with Crippen LogP contribution >= 0.6 is 11.6 Å². The van der Waals surface area contributed by atoms with Crippen LogP contribution in [0.2, 0.25) is 5.02 Å². The summed E-state index contributed by atoms with van der Waals surface area (Å²) in [6.45, 7) is 0.602. The number of phenols is 1. The molecule has 0 atom stereocenters. The van der Waals surface area contributed by atoms with E-state index in [1.807, 2.05) is 0 Å². The molecule has 0 bridgehead atoms. The van der Waals surface area contributed by atoms with Crippen LogP contribution in [0.1, 0.15) is 5.56 Å². The van der Waals surface area contributed by atoms with E-state index in [1.54, 1.807) is 7.05 Å². The first-order valence-corrected chi connectivity index (χ1v) is 4.35. The minimum atomic E-state index is -0.531. The van der Waals surface area contributed by atoms with Crippen molar-refractivity contribution in [3.8, 4) is 5.75 Å². The van der Waals surface area contributed by atoms with Crippen molar-refractivity contribution in [3.05, 3.63) is 28.5 Å². The fraction of sp³-hybridized carbons (Fsp3) is 0.333. The monoisotopic (exact) mass is 203 g/mol. The smallest absolute Gasteiger partial charge is 0.148 e. The predicted molar refractivity (Wildman–Crippen MR) is 50.7 cm³/mol. The van der Waals surface area contributed by atoms with Crippen LogP contribution in [0.5, 0.6) is 5.75 Å². The van der Waals surface area contributed by atoms with Gasteiger partial charge in [-0.2, -0.15) is 0 Å². The molecule has 0 fully saturated rings. The highest BCUT2D eigenvalue weighted by molar-refractivity contribution is 6.30. The highest BCUT2D eigenvalue weighted by atomic mass is 35.5. The minimum Gasteiger partial charge on any atom is -0.508 e. The molecule has 2 nitrogen and oxygen atoms in total. The molecule has 1 rings (SSSR count). The van der Waals surface area contributed by atoms with Crippen LogP contribution in [0.3, 0.4) is 0 Å². The third-order valence-corrected chi connectivity index (χ3v) is 2.09. The Kier molecular flexibility index (Phi) is 3.51. The van der Waals surface area contributed by atoms with Crippen LogP contribution < -0.4 is 5.32 Å². The molecule has 0 radical (unpaired) electrons. The summed E-state index contributed by atoms with van der Waals surface area (Å²) in [7, 11) is 1.76. The molecule has 0 saturated carbocycles. The van der Waals surface area contributed by atoms with Crippen molar-refractivity contribution in [2.45, 2.75) is 6.42 Å². The molecule has 72 valence electrons. The Morgan fingerprint density at radius 3 is 2.85 bits per heavy atom. The lowest BCUT2D eigenvalue weighted by Gasteiger charge is -2.06. The van der Waals surface area contributed by atoms with Gasteiger partial charge >= 0.3 is 0 Å². The summed E-state index contributed by atoms with van der Waals surface area (Å²) in [5.41, 5.74) is 0.266. The van der Waals surface area contributed by atoms with Crippen molar-refractivity contribution in [1.29, 1.82) is 0 Å². The minimum absolute atomic E-state index is 0.0443. The van der Waals surface area contributed by atoms with Crippen LogP contribution in [-0.2, 0) is 6.42 Å². The van der Waals surface area contributed by atoms with Gasteiger partial charge in [-0.3, -0.25) is 0 Å². The third kappa shape index (κ3) is 2.32. The molecule has 0 aliphatic carbocycles. The van der Waals surface area contributed by atoms with Gasteiger partial charge < -0.3 is 10.4 Å². The quantitative estimate of drug-likeness (QED) is 0.787. The average Bonchev–Trinajstić information content (AvgIpc) is 2.12.